The molecule has 1 aromatic heterocycles. The van der Waals surface area contributed by atoms with Gasteiger partial charge in [-0.15, -0.1) is 0 Å². The predicted octanol–water partition coefficient (Wildman–Crippen LogP) is 3.27. The van der Waals surface area contributed by atoms with Gasteiger partial charge in [0, 0.05) is 6.54 Å². The second-order valence-corrected chi connectivity index (χ2v) is 6.89. The molecule has 2 N–H and O–H groups in total. The van der Waals surface area contributed by atoms with Crippen LogP contribution in [-0.4, -0.2) is 33.4 Å². The molecular weight excluding hydrogens is 321 g/mol. The molecule has 6 heteroatoms. The van der Waals surface area contributed by atoms with Gasteiger partial charge in [0.2, 0.25) is 0 Å². The lowest BCUT2D eigenvalue weighted by Crippen LogP contribution is -2.30. The smallest absolute Gasteiger partial charge is 0.254 e. The molecule has 0 saturated heterocycles. The molecule has 2 aromatic rings. The van der Waals surface area contributed by atoms with E-state index >= 15 is 0 Å². The maximum Gasteiger partial charge on any atom is 0.254 e. The molecule has 0 radical (unpaired) electrons. The summed E-state index contributed by atoms with van der Waals surface area (Å²) in [5, 5.41) is 16.7. The van der Waals surface area contributed by atoms with Gasteiger partial charge < -0.3 is 10.4 Å². The Kier molecular flexibility index (Phi) is 6.31. The minimum absolute atomic E-state index is 0.0724. The molecule has 0 saturated carbocycles. The van der Waals surface area contributed by atoms with E-state index < -0.39 is 0 Å². The van der Waals surface area contributed by atoms with Crippen molar-refractivity contribution in [3.05, 3.63) is 47.5 Å². The van der Waals surface area contributed by atoms with Crippen LogP contribution in [0.5, 0.6) is 0 Å². The van der Waals surface area contributed by atoms with Crippen molar-refractivity contribution in [3.8, 4) is 5.69 Å². The van der Waals surface area contributed by atoms with Crippen LogP contribution in [0.25, 0.3) is 5.69 Å². The van der Waals surface area contributed by atoms with Crippen LogP contribution in [-0.2, 0) is 0 Å². The number of rotatable bonds is 7. The molecule has 1 amide bonds. The van der Waals surface area contributed by atoms with E-state index in [1.807, 2.05) is 20.8 Å². The van der Waals surface area contributed by atoms with Crippen LogP contribution in [0.3, 0.4) is 0 Å². The lowest BCUT2D eigenvalue weighted by atomic mass is 10.0. The number of aliphatic hydroxyl groups is 1. The minimum atomic E-state index is -0.389. The second-order valence-electron chi connectivity index (χ2n) is 6.89. The molecule has 2 rings (SSSR count). The van der Waals surface area contributed by atoms with E-state index in [0.29, 0.717) is 24.2 Å². The van der Waals surface area contributed by atoms with Crippen molar-refractivity contribution < 1.29 is 14.3 Å². The van der Waals surface area contributed by atoms with Gasteiger partial charge >= 0.3 is 0 Å². The number of carbonyl (C=O) groups excluding carboxylic acids is 1. The first-order chi connectivity index (χ1) is 11.8. The maximum absolute atomic E-state index is 13.1. The molecule has 0 aliphatic rings. The second kappa shape index (κ2) is 8.25. The average Bonchev–Trinajstić information content (AvgIpc) is 2.98. The summed E-state index contributed by atoms with van der Waals surface area (Å²) >= 11 is 0. The summed E-state index contributed by atoms with van der Waals surface area (Å²) in [6.45, 7) is 8.19. The molecule has 0 spiro atoms. The lowest BCUT2D eigenvalue weighted by Gasteiger charge is -2.15. The number of aliphatic hydroxyl groups excluding tert-OH is 1. The highest BCUT2D eigenvalue weighted by atomic mass is 19.1. The number of nitrogens with zero attached hydrogens (tertiary/aromatic N) is 2. The lowest BCUT2D eigenvalue weighted by molar-refractivity contribution is 0.0938. The summed E-state index contributed by atoms with van der Waals surface area (Å²) in [7, 11) is 0. The Morgan fingerprint density at radius 2 is 1.88 bits per heavy atom. The zero-order chi connectivity index (χ0) is 18.6. The number of nitrogens with one attached hydrogen (secondary N) is 1. The Labute approximate surface area is 147 Å². The fraction of sp³-hybridized carbons (Fsp3) is 0.474. The standard InChI is InChI=1S/C19H26FN3O2/c1-12(2)18-17(19(25)21-10-13(3)9-14(4)24)11-22-23(18)16-7-5-15(20)6-8-16/h5-8,11-14,24H,9-10H2,1-4H3,(H,21,25). The number of amides is 1. The largest absolute Gasteiger partial charge is 0.393 e. The first kappa shape index (κ1) is 19.1. The molecule has 0 bridgehead atoms. The van der Waals surface area contributed by atoms with E-state index in [2.05, 4.69) is 10.4 Å². The first-order valence-corrected chi connectivity index (χ1v) is 8.59. The number of halogens is 1. The van der Waals surface area contributed by atoms with Gasteiger partial charge in [0.05, 0.1) is 29.2 Å². The van der Waals surface area contributed by atoms with Gasteiger partial charge in [0.25, 0.3) is 5.91 Å². The quantitative estimate of drug-likeness (QED) is 0.808. The highest BCUT2D eigenvalue weighted by molar-refractivity contribution is 5.95. The Balaban J connectivity index is 2.21. The Hall–Kier alpha value is -2.21. The van der Waals surface area contributed by atoms with Crippen molar-refractivity contribution in [3.63, 3.8) is 0 Å². The maximum atomic E-state index is 13.1. The topological polar surface area (TPSA) is 67.2 Å². The Morgan fingerprint density at radius 3 is 2.44 bits per heavy atom. The molecule has 1 aromatic carbocycles. The molecular formula is C19H26FN3O2. The SMILES string of the molecule is CC(O)CC(C)CNC(=O)c1cnn(-c2ccc(F)cc2)c1C(C)C. The van der Waals surface area contributed by atoms with Crippen LogP contribution in [0.4, 0.5) is 4.39 Å². The van der Waals surface area contributed by atoms with Crippen molar-refractivity contribution in [1.82, 2.24) is 15.1 Å². The fourth-order valence-electron chi connectivity index (χ4n) is 2.90. The number of aromatic nitrogens is 2. The van der Waals surface area contributed by atoms with E-state index in [0.717, 1.165) is 5.69 Å². The monoisotopic (exact) mass is 347 g/mol. The van der Waals surface area contributed by atoms with Crippen molar-refractivity contribution in [2.45, 2.75) is 46.1 Å². The van der Waals surface area contributed by atoms with Gasteiger partial charge in [-0.3, -0.25) is 4.79 Å². The highest BCUT2D eigenvalue weighted by Crippen LogP contribution is 2.23. The van der Waals surface area contributed by atoms with Gasteiger partial charge in [-0.2, -0.15) is 5.10 Å². The van der Waals surface area contributed by atoms with Crippen molar-refractivity contribution in [2.75, 3.05) is 6.54 Å². The minimum Gasteiger partial charge on any atom is -0.393 e. The van der Waals surface area contributed by atoms with E-state index in [4.69, 9.17) is 0 Å². The molecule has 136 valence electrons. The van der Waals surface area contributed by atoms with Gasteiger partial charge in [0.1, 0.15) is 5.82 Å². The fourth-order valence-corrected chi connectivity index (χ4v) is 2.90. The zero-order valence-corrected chi connectivity index (χ0v) is 15.2. The van der Waals surface area contributed by atoms with E-state index in [9.17, 15) is 14.3 Å². The molecule has 2 unspecified atom stereocenters. The average molecular weight is 347 g/mol. The third kappa shape index (κ3) is 4.89. The summed E-state index contributed by atoms with van der Waals surface area (Å²) in [5.74, 6) is -0.247. The summed E-state index contributed by atoms with van der Waals surface area (Å²) in [5.41, 5.74) is 2.02. The van der Waals surface area contributed by atoms with E-state index in [-0.39, 0.29) is 29.7 Å². The Morgan fingerprint density at radius 1 is 1.24 bits per heavy atom. The Bertz CT molecular complexity index is 708. The highest BCUT2D eigenvalue weighted by Gasteiger charge is 2.21. The van der Waals surface area contributed by atoms with Gasteiger partial charge in [0.15, 0.2) is 0 Å². The molecule has 0 aliphatic heterocycles. The molecule has 5 nitrogen and oxygen atoms in total. The summed E-state index contributed by atoms with van der Waals surface area (Å²) in [6, 6.07) is 6.03. The summed E-state index contributed by atoms with van der Waals surface area (Å²) < 4.78 is 14.8. The van der Waals surface area contributed by atoms with Gasteiger partial charge in [-0.25, -0.2) is 9.07 Å². The number of hydrogen-bond acceptors (Lipinski definition) is 3. The van der Waals surface area contributed by atoms with Gasteiger partial charge in [-0.1, -0.05) is 20.8 Å². The zero-order valence-electron chi connectivity index (χ0n) is 15.2. The van der Waals surface area contributed by atoms with Crippen LogP contribution in [0, 0.1) is 11.7 Å². The molecule has 0 fully saturated rings. The normalized spacial score (nSPS) is 13.7. The van der Waals surface area contributed by atoms with Crippen molar-refractivity contribution >= 4 is 5.91 Å². The van der Waals surface area contributed by atoms with Crippen LogP contribution < -0.4 is 5.32 Å². The van der Waals surface area contributed by atoms with Crippen LogP contribution in [0.15, 0.2) is 30.5 Å². The van der Waals surface area contributed by atoms with Crippen molar-refractivity contribution in [1.29, 1.82) is 0 Å². The first-order valence-electron chi connectivity index (χ1n) is 8.59. The van der Waals surface area contributed by atoms with Crippen LogP contribution in [0.2, 0.25) is 0 Å². The summed E-state index contributed by atoms with van der Waals surface area (Å²) in [4.78, 5) is 12.6. The molecule has 0 aliphatic carbocycles. The number of carbonyl (C=O) groups is 1. The van der Waals surface area contributed by atoms with E-state index in [1.54, 1.807) is 29.9 Å². The number of hydrogen-bond donors (Lipinski definition) is 2. The van der Waals surface area contributed by atoms with Crippen molar-refractivity contribution in [2.24, 2.45) is 5.92 Å². The predicted molar refractivity (Wildman–Crippen MR) is 95.4 cm³/mol. The summed E-state index contributed by atoms with van der Waals surface area (Å²) in [6.07, 6.45) is 1.79. The van der Waals surface area contributed by atoms with Gasteiger partial charge in [-0.05, 0) is 49.4 Å². The third-order valence-electron chi connectivity index (χ3n) is 4.02. The number of benzene rings is 1. The van der Waals surface area contributed by atoms with Crippen LogP contribution in [0.1, 0.15) is 56.1 Å². The molecule has 1 heterocycles. The third-order valence-corrected chi connectivity index (χ3v) is 4.02. The molecule has 2 atom stereocenters. The molecule has 25 heavy (non-hydrogen) atoms. The van der Waals surface area contributed by atoms with Crippen LogP contribution >= 0.6 is 0 Å². The van der Waals surface area contributed by atoms with E-state index in [1.165, 1.54) is 12.1 Å².